The third kappa shape index (κ3) is 8.98. The zero-order valence-electron chi connectivity index (χ0n) is 62.1. The number of aromatic nitrogens is 2. The van der Waals surface area contributed by atoms with Gasteiger partial charge in [0.2, 0.25) is 0 Å². The second kappa shape index (κ2) is 23.4. The van der Waals surface area contributed by atoms with E-state index in [1.54, 1.807) is 0 Å². The van der Waals surface area contributed by atoms with E-state index >= 15 is 0 Å². The summed E-state index contributed by atoms with van der Waals surface area (Å²) in [5.41, 5.74) is 35.3. The normalized spacial score (nSPS) is 14.6. The van der Waals surface area contributed by atoms with Crippen LogP contribution in [0.1, 0.15) is 99.9 Å². The quantitative estimate of drug-likeness (QED) is 0.151. The summed E-state index contributed by atoms with van der Waals surface area (Å²) >= 11 is 0. The van der Waals surface area contributed by atoms with Crippen molar-refractivity contribution in [2.24, 2.45) is 0 Å². The summed E-state index contributed by atoms with van der Waals surface area (Å²) in [5, 5.41) is 9.94. The topological polar surface area (TPSA) is 16.3 Å². The predicted octanol–water partition coefficient (Wildman–Crippen LogP) is 28.0. The molecule has 0 amide bonds. The minimum Gasteiger partial charge on any atom is -0.309 e. The maximum atomic E-state index is 2.59. The molecular weight excluding hydrogens is 1310 g/mol. The van der Waals surface area contributed by atoms with Crippen LogP contribution in [0.25, 0.3) is 121 Å². The summed E-state index contributed by atoms with van der Waals surface area (Å²) in [4.78, 5) is 5.18. The van der Waals surface area contributed by atoms with Gasteiger partial charge in [0.05, 0.1) is 56.2 Å². The lowest BCUT2D eigenvalue weighted by atomic mass is 9.81. The minimum atomic E-state index is -0.206. The SMILES string of the molecule is CC1(C)c2ccccc2-c2c(N(c3cc(-n4c5ccccc5c5ccccc54)c4ccccc4c3)c3cccc4c3C(C)(C)c3ccccc3-4)cccc21.CC1(C)c2ccccc2-c2c(N(c3cccc4c3C(C)(C)c3ccccc3-4)c3cccc4cc(-n5c6ccccc6c6ccccc65)ccc34)cccc21. The average Bonchev–Trinajstić information content (AvgIpc) is 1.55. The van der Waals surface area contributed by atoms with Gasteiger partial charge < -0.3 is 18.9 Å². The largest absolute Gasteiger partial charge is 0.309 e. The fourth-order valence-electron chi connectivity index (χ4n) is 20.2. The van der Waals surface area contributed by atoms with E-state index in [2.05, 4.69) is 414 Å². The molecule has 4 heteroatoms. The number of benzene rings is 16. The Morgan fingerprint density at radius 3 is 1.07 bits per heavy atom. The molecule has 18 aromatic rings. The molecule has 4 aliphatic carbocycles. The zero-order chi connectivity index (χ0) is 72.7. The third-order valence-corrected chi connectivity index (χ3v) is 25.1. The molecular formula is C104H80N4. The van der Waals surface area contributed by atoms with Gasteiger partial charge in [-0.1, -0.05) is 316 Å². The molecule has 4 nitrogen and oxygen atoms in total. The Kier molecular flexibility index (Phi) is 13.8. The van der Waals surface area contributed by atoms with Crippen molar-refractivity contribution in [3.63, 3.8) is 0 Å². The zero-order valence-corrected chi connectivity index (χ0v) is 62.1. The summed E-state index contributed by atoms with van der Waals surface area (Å²) in [7, 11) is 0. The molecule has 0 spiro atoms. The monoisotopic (exact) mass is 1380 g/mol. The first-order valence-electron chi connectivity index (χ1n) is 38.2. The molecule has 0 radical (unpaired) electrons. The molecule has 516 valence electrons. The van der Waals surface area contributed by atoms with Crippen LogP contribution in [0, 0.1) is 0 Å². The van der Waals surface area contributed by atoms with Gasteiger partial charge in [0.15, 0.2) is 0 Å². The summed E-state index contributed by atoms with van der Waals surface area (Å²) in [6.07, 6.45) is 0. The highest BCUT2D eigenvalue weighted by atomic mass is 15.2. The Labute approximate surface area is 631 Å². The van der Waals surface area contributed by atoms with Gasteiger partial charge in [-0.25, -0.2) is 0 Å². The fourth-order valence-corrected chi connectivity index (χ4v) is 20.2. The van der Waals surface area contributed by atoms with E-state index in [9.17, 15) is 0 Å². The van der Waals surface area contributed by atoms with Crippen molar-refractivity contribution in [1.82, 2.24) is 9.13 Å². The molecule has 2 aromatic heterocycles. The van der Waals surface area contributed by atoms with Gasteiger partial charge in [-0.15, -0.1) is 0 Å². The molecule has 4 aliphatic rings. The first kappa shape index (κ1) is 63.7. The van der Waals surface area contributed by atoms with Crippen LogP contribution in [-0.2, 0) is 21.7 Å². The van der Waals surface area contributed by atoms with Crippen LogP contribution in [0.2, 0.25) is 0 Å². The van der Waals surface area contributed by atoms with Crippen molar-refractivity contribution in [3.05, 3.63) is 384 Å². The van der Waals surface area contributed by atoms with Crippen LogP contribution in [0.4, 0.5) is 34.1 Å². The molecule has 108 heavy (non-hydrogen) atoms. The van der Waals surface area contributed by atoms with E-state index in [1.165, 1.54) is 188 Å². The van der Waals surface area contributed by atoms with Gasteiger partial charge in [0.1, 0.15) is 0 Å². The van der Waals surface area contributed by atoms with Gasteiger partial charge in [-0.3, -0.25) is 0 Å². The summed E-state index contributed by atoms with van der Waals surface area (Å²) in [6, 6.07) is 127. The second-order valence-electron chi connectivity index (χ2n) is 32.3. The minimum absolute atomic E-state index is 0.113. The van der Waals surface area contributed by atoms with Crippen LogP contribution in [0.3, 0.4) is 0 Å². The molecule has 16 aromatic carbocycles. The second-order valence-corrected chi connectivity index (χ2v) is 32.3. The third-order valence-electron chi connectivity index (χ3n) is 25.1. The van der Waals surface area contributed by atoms with E-state index in [4.69, 9.17) is 0 Å². The fraction of sp³-hybridized carbons (Fsp3) is 0.115. The number of nitrogens with zero attached hydrogens (tertiary/aromatic N) is 4. The standard InChI is InChI=1S/2C52H40N2/c1-51(2)42-23-10-6-20-40(42)49-43(51)24-15-28-47(49)54(48-29-14-21-39-36-17-5-9-22-41(36)52(3,4)50(39)48)44-27-13-16-33-32-34(30-31-35(33)44)53-45-25-11-7-18-37(45)38-19-8-12-26-46(38)53;1-51(2)42-25-12-8-22-40(42)49-43(51)26-16-29-46(49)53(47-30-15-23-39-36-19-7-11-24-41(36)52(3,4)50(39)47)34-31-33-17-5-6-18-35(33)48(32-34)54-44-27-13-9-20-37(44)38-21-10-14-28-45(38)54/h2*5-32H,1-4H3. The predicted molar refractivity (Wildman–Crippen MR) is 456 cm³/mol. The van der Waals surface area contributed by atoms with Crippen molar-refractivity contribution in [3.8, 4) is 55.9 Å². The number of fused-ring (bicyclic) bond motifs is 20. The lowest BCUT2D eigenvalue weighted by molar-refractivity contribution is 0.659. The van der Waals surface area contributed by atoms with Crippen LogP contribution in [-0.4, -0.2) is 9.13 Å². The van der Waals surface area contributed by atoms with Crippen molar-refractivity contribution in [2.75, 3.05) is 9.80 Å². The Morgan fingerprint density at radius 2 is 0.565 bits per heavy atom. The highest BCUT2D eigenvalue weighted by Crippen LogP contribution is 2.62. The molecule has 0 saturated carbocycles. The Morgan fingerprint density at radius 1 is 0.222 bits per heavy atom. The molecule has 2 heterocycles. The molecule has 0 unspecified atom stereocenters. The van der Waals surface area contributed by atoms with Crippen molar-refractivity contribution in [2.45, 2.75) is 77.0 Å². The van der Waals surface area contributed by atoms with Gasteiger partial charge in [0.25, 0.3) is 0 Å². The maximum absolute atomic E-state index is 2.59. The van der Waals surface area contributed by atoms with E-state index < -0.39 is 0 Å². The maximum Gasteiger partial charge on any atom is 0.0561 e. The lowest BCUT2D eigenvalue weighted by Crippen LogP contribution is -2.21. The molecule has 0 N–H and O–H groups in total. The molecule has 0 saturated heterocycles. The van der Waals surface area contributed by atoms with Crippen LogP contribution in [0.15, 0.2) is 340 Å². The first-order valence-corrected chi connectivity index (χ1v) is 38.2. The number of anilines is 6. The summed E-state index contributed by atoms with van der Waals surface area (Å²) in [5.74, 6) is 0. The number of hydrogen-bond acceptors (Lipinski definition) is 2. The summed E-state index contributed by atoms with van der Waals surface area (Å²) in [6.45, 7) is 19.1. The average molecular weight is 1390 g/mol. The highest BCUT2D eigenvalue weighted by Gasteiger charge is 2.44. The van der Waals surface area contributed by atoms with Crippen molar-refractivity contribution < 1.29 is 0 Å². The van der Waals surface area contributed by atoms with Gasteiger partial charge in [-0.2, -0.15) is 0 Å². The van der Waals surface area contributed by atoms with E-state index in [0.717, 1.165) is 11.4 Å². The van der Waals surface area contributed by atoms with Crippen molar-refractivity contribution in [1.29, 1.82) is 0 Å². The van der Waals surface area contributed by atoms with Crippen LogP contribution < -0.4 is 9.80 Å². The molecule has 0 fully saturated rings. The Balaban J connectivity index is 0.000000138. The lowest BCUT2D eigenvalue weighted by Gasteiger charge is -2.34. The number of para-hydroxylation sites is 4. The van der Waals surface area contributed by atoms with Gasteiger partial charge in [-0.05, 0) is 168 Å². The molecule has 0 atom stereocenters. The molecule has 0 aliphatic heterocycles. The van der Waals surface area contributed by atoms with Crippen LogP contribution >= 0.6 is 0 Å². The highest BCUT2D eigenvalue weighted by molar-refractivity contribution is 6.13. The molecule has 22 rings (SSSR count). The Hall–Kier alpha value is -12.8. The van der Waals surface area contributed by atoms with E-state index in [-0.39, 0.29) is 21.7 Å². The smallest absolute Gasteiger partial charge is 0.0561 e. The van der Waals surface area contributed by atoms with Crippen molar-refractivity contribution >= 4 is 99.3 Å². The first-order chi connectivity index (χ1) is 52.7. The van der Waals surface area contributed by atoms with Crippen LogP contribution in [0.5, 0.6) is 0 Å². The number of rotatable bonds is 8. The van der Waals surface area contributed by atoms with Gasteiger partial charge >= 0.3 is 0 Å². The number of hydrogen-bond donors (Lipinski definition) is 0. The molecule has 0 bridgehead atoms. The van der Waals surface area contributed by atoms with Gasteiger partial charge in [0, 0.05) is 76.5 Å². The summed E-state index contributed by atoms with van der Waals surface area (Å²) < 4.78 is 4.90. The Bertz CT molecular complexity index is 6740. The van der Waals surface area contributed by atoms with E-state index in [1.807, 2.05) is 0 Å². The van der Waals surface area contributed by atoms with E-state index in [0.29, 0.717) is 0 Å².